The molecule has 0 unspecified atom stereocenters. The summed E-state index contributed by atoms with van der Waals surface area (Å²) in [7, 11) is -1.75. The van der Waals surface area contributed by atoms with E-state index in [-0.39, 0.29) is 0 Å². The van der Waals surface area contributed by atoms with Crippen LogP contribution in [0.5, 0.6) is 0 Å². The molecule has 3 nitrogen and oxygen atoms in total. The van der Waals surface area contributed by atoms with Crippen LogP contribution in [-0.4, -0.2) is 9.97 Å². The molecule has 2 aromatic heterocycles. The molecule has 0 aliphatic rings. The molecule has 0 N–H and O–H groups in total. The molecule has 0 radical (unpaired) electrons. The molecule has 0 aliphatic heterocycles. The van der Waals surface area contributed by atoms with Gasteiger partial charge in [-0.15, -0.1) is 0 Å². The first-order chi connectivity index (χ1) is 10.8. The molecule has 4 aromatic rings. The predicted octanol–water partition coefficient (Wildman–Crippen LogP) is 3.56. The summed E-state index contributed by atoms with van der Waals surface area (Å²) in [6.07, 6.45) is 3.46. The molecule has 104 valence electrons. The van der Waals surface area contributed by atoms with Gasteiger partial charge in [0.2, 0.25) is 10.6 Å². The van der Waals surface area contributed by atoms with E-state index in [1.165, 1.54) is 0 Å². The van der Waals surface area contributed by atoms with Crippen molar-refractivity contribution in [2.45, 2.75) is 0 Å². The van der Waals surface area contributed by atoms with E-state index in [9.17, 15) is 4.57 Å². The Morgan fingerprint density at radius 2 is 1.09 bits per heavy atom. The second-order valence-electron chi connectivity index (χ2n) is 5.00. The van der Waals surface area contributed by atoms with E-state index in [0.29, 0.717) is 0 Å². The Balaban J connectivity index is 1.97. The summed E-state index contributed by atoms with van der Waals surface area (Å²) < 4.78 is 13.1. The van der Waals surface area contributed by atoms with E-state index in [1.807, 2.05) is 60.7 Å². The molecule has 4 rings (SSSR count). The van der Waals surface area contributed by atoms with Crippen molar-refractivity contribution in [1.82, 2.24) is 9.97 Å². The summed E-state index contributed by atoms with van der Waals surface area (Å²) >= 11 is 0. The fourth-order valence-corrected chi connectivity index (χ4v) is 4.09. The average molecular weight is 303 g/mol. The minimum absolute atomic E-state index is 0.756. The summed E-state index contributed by atoms with van der Waals surface area (Å²) in [5.41, 5.74) is 1.58. The van der Waals surface area contributed by atoms with Crippen LogP contribution in [-0.2, 0) is 4.57 Å². The zero-order valence-corrected chi connectivity index (χ0v) is 12.6. The van der Waals surface area contributed by atoms with Gasteiger partial charge in [-0.3, -0.25) is 9.97 Å². The lowest BCUT2D eigenvalue weighted by Crippen LogP contribution is -2.10. The number of hydrogen-bond acceptors (Lipinski definition) is 3. The van der Waals surface area contributed by atoms with Gasteiger partial charge in [0.25, 0.3) is 0 Å². The maximum absolute atomic E-state index is 13.1. The molecule has 0 amide bonds. The van der Waals surface area contributed by atoms with Crippen molar-refractivity contribution < 1.29 is 4.57 Å². The summed E-state index contributed by atoms with van der Waals surface area (Å²) in [5.74, 6) is 0. The number of nitrogens with zero attached hydrogens (tertiary/aromatic N) is 2. The van der Waals surface area contributed by atoms with E-state index in [0.717, 1.165) is 32.4 Å². The highest BCUT2D eigenvalue weighted by Gasteiger charge is 2.29. The zero-order chi connectivity index (χ0) is 14.9. The van der Waals surface area contributed by atoms with E-state index < -0.39 is 7.80 Å². The Kier molecular flexibility index (Phi) is 3.14. The van der Waals surface area contributed by atoms with Crippen molar-refractivity contribution >= 4 is 40.2 Å². The third-order valence-electron chi connectivity index (χ3n) is 3.66. The van der Waals surface area contributed by atoms with E-state index in [1.54, 1.807) is 12.4 Å². The maximum atomic E-state index is 13.1. The van der Waals surface area contributed by atoms with Crippen molar-refractivity contribution in [3.05, 3.63) is 73.1 Å². The largest absolute Gasteiger partial charge is 0.419 e. The summed E-state index contributed by atoms with van der Waals surface area (Å²) in [4.78, 5) is 8.81. The molecule has 0 atom stereocenters. The van der Waals surface area contributed by atoms with Crippen molar-refractivity contribution in [3.63, 3.8) is 0 Å². The number of para-hydroxylation sites is 2. The van der Waals surface area contributed by atoms with Crippen LogP contribution in [0.1, 0.15) is 0 Å². The number of fused-ring (bicyclic) bond motifs is 2. The molecule has 0 bridgehead atoms. The molecule has 4 heteroatoms. The number of benzene rings is 2. The van der Waals surface area contributed by atoms with Gasteiger partial charge in [0.05, 0.1) is 0 Å². The fourth-order valence-electron chi connectivity index (χ4n) is 2.63. The third kappa shape index (κ3) is 2.07. The molecule has 0 spiro atoms. The van der Waals surface area contributed by atoms with Crippen LogP contribution >= 0.6 is 7.80 Å². The lowest BCUT2D eigenvalue weighted by molar-refractivity contribution is 0.598. The van der Waals surface area contributed by atoms with Gasteiger partial charge in [0.1, 0.15) is 11.0 Å². The topological polar surface area (TPSA) is 42.9 Å². The van der Waals surface area contributed by atoms with Crippen molar-refractivity contribution in [3.8, 4) is 0 Å². The van der Waals surface area contributed by atoms with Crippen molar-refractivity contribution in [1.29, 1.82) is 0 Å². The van der Waals surface area contributed by atoms with Crippen molar-refractivity contribution in [2.75, 3.05) is 0 Å². The van der Waals surface area contributed by atoms with Crippen molar-refractivity contribution in [2.24, 2.45) is 0 Å². The lowest BCUT2D eigenvalue weighted by Gasteiger charge is -1.99. The van der Waals surface area contributed by atoms with E-state index >= 15 is 0 Å². The third-order valence-corrected chi connectivity index (χ3v) is 5.26. The lowest BCUT2D eigenvalue weighted by atomic mass is 10.2. The summed E-state index contributed by atoms with van der Waals surface area (Å²) in [6.45, 7) is 0. The average Bonchev–Trinajstić information content (AvgIpc) is 2.60. The minimum Gasteiger partial charge on any atom is -0.251 e. The highest BCUT2D eigenvalue weighted by molar-refractivity contribution is 7.62. The monoisotopic (exact) mass is 303 g/mol. The van der Waals surface area contributed by atoms with Crippen LogP contribution in [0, 0.1) is 0 Å². The smallest absolute Gasteiger partial charge is 0.251 e. The Morgan fingerprint density at radius 3 is 1.59 bits per heavy atom. The van der Waals surface area contributed by atoms with Gasteiger partial charge in [-0.05, 0) is 24.3 Å². The standard InChI is InChI=1S/C18H12N2OP/c21-22(15-9-1-5-13-7-3-11-19-17(13)15)16-10-2-6-14-8-4-12-20-18(14)16/h1-12H/q+1. The first-order valence-electron chi connectivity index (χ1n) is 6.99. The van der Waals surface area contributed by atoms with Gasteiger partial charge in [-0.1, -0.05) is 41.0 Å². The van der Waals surface area contributed by atoms with Gasteiger partial charge < -0.3 is 0 Å². The van der Waals surface area contributed by atoms with E-state index in [2.05, 4.69) is 9.97 Å². The first kappa shape index (κ1) is 13.1. The molecular weight excluding hydrogens is 291 g/mol. The van der Waals surface area contributed by atoms with Crippen LogP contribution in [0.25, 0.3) is 21.8 Å². The Bertz CT molecular complexity index is 922. The Labute approximate surface area is 128 Å². The molecular formula is C18H12N2OP+. The maximum Gasteiger partial charge on any atom is 0.419 e. The van der Waals surface area contributed by atoms with Crippen LogP contribution in [0.3, 0.4) is 0 Å². The fraction of sp³-hybridized carbons (Fsp3) is 0. The number of aromatic nitrogens is 2. The normalized spacial score (nSPS) is 10.9. The van der Waals surface area contributed by atoms with Crippen LogP contribution in [0.2, 0.25) is 0 Å². The predicted molar refractivity (Wildman–Crippen MR) is 90.4 cm³/mol. The number of hydrogen-bond donors (Lipinski definition) is 0. The second-order valence-corrected chi connectivity index (χ2v) is 6.55. The Hall–Kier alpha value is -2.64. The zero-order valence-electron chi connectivity index (χ0n) is 11.7. The number of rotatable bonds is 2. The van der Waals surface area contributed by atoms with Gasteiger partial charge in [0, 0.05) is 23.2 Å². The van der Waals surface area contributed by atoms with Gasteiger partial charge >= 0.3 is 7.80 Å². The van der Waals surface area contributed by atoms with Gasteiger partial charge in [-0.2, -0.15) is 0 Å². The molecule has 0 aliphatic carbocycles. The second kappa shape index (κ2) is 5.28. The summed E-state index contributed by atoms with van der Waals surface area (Å²) in [6, 6.07) is 19.3. The number of pyridine rings is 2. The molecule has 0 saturated carbocycles. The van der Waals surface area contributed by atoms with Crippen LogP contribution in [0.4, 0.5) is 0 Å². The van der Waals surface area contributed by atoms with E-state index in [4.69, 9.17) is 0 Å². The molecule has 2 aromatic carbocycles. The highest BCUT2D eigenvalue weighted by Crippen LogP contribution is 2.27. The minimum atomic E-state index is -1.75. The quantitative estimate of drug-likeness (QED) is 0.532. The summed E-state index contributed by atoms with van der Waals surface area (Å²) in [5, 5.41) is 3.51. The SMILES string of the molecule is O=[P+](c1cccc2cccnc12)c1cccc2cccnc12. The van der Waals surface area contributed by atoms with Gasteiger partial charge in [0.15, 0.2) is 0 Å². The Morgan fingerprint density at radius 1 is 0.636 bits per heavy atom. The first-order valence-corrected chi connectivity index (χ1v) is 8.25. The highest BCUT2D eigenvalue weighted by atomic mass is 31.1. The van der Waals surface area contributed by atoms with Crippen LogP contribution < -0.4 is 10.6 Å². The molecule has 0 fully saturated rings. The molecule has 22 heavy (non-hydrogen) atoms. The molecule has 0 saturated heterocycles. The molecule has 2 heterocycles. The van der Waals surface area contributed by atoms with Crippen LogP contribution in [0.15, 0.2) is 73.1 Å². The van der Waals surface area contributed by atoms with Gasteiger partial charge in [-0.25, -0.2) is 0 Å².